The maximum absolute atomic E-state index is 13.1. The van der Waals surface area contributed by atoms with Crippen molar-refractivity contribution in [2.24, 2.45) is 5.92 Å². The van der Waals surface area contributed by atoms with Gasteiger partial charge in [-0.2, -0.15) is 0 Å². The Bertz CT molecular complexity index is 1300. The van der Waals surface area contributed by atoms with E-state index >= 15 is 0 Å². The molecule has 2 heterocycles. The number of likely N-dealkylation sites (tertiary alicyclic amines) is 1. The number of carbonyl (C=O) groups excluding carboxylic acids is 1. The summed E-state index contributed by atoms with van der Waals surface area (Å²) in [7, 11) is 0. The molecule has 1 aliphatic carbocycles. The number of hydrogen-bond acceptors (Lipinski definition) is 5. The highest BCUT2D eigenvalue weighted by molar-refractivity contribution is 5.89. The Morgan fingerprint density at radius 3 is 2.77 bits per heavy atom. The molecule has 2 atom stereocenters. The van der Waals surface area contributed by atoms with Gasteiger partial charge in [0.25, 0.3) is 5.91 Å². The second kappa shape index (κ2) is 9.50. The van der Waals surface area contributed by atoms with Crippen LogP contribution in [0.15, 0.2) is 51.7 Å². The Morgan fingerprint density at radius 2 is 1.97 bits per heavy atom. The largest absolute Gasteiger partial charge is 0.483 e. The summed E-state index contributed by atoms with van der Waals surface area (Å²) in [6, 6.07) is 13.5. The Labute approximate surface area is 205 Å². The van der Waals surface area contributed by atoms with Crippen LogP contribution >= 0.6 is 0 Å². The SMILES string of the molecule is Cc1cc(OCC(=O)N2CCC3(O)CCCCC3C2)c2c(C)c(Cc3ccccc3)c(=O)oc2c1. The van der Waals surface area contributed by atoms with E-state index in [0.29, 0.717) is 42.8 Å². The van der Waals surface area contributed by atoms with E-state index in [1.54, 1.807) is 0 Å². The van der Waals surface area contributed by atoms with Gasteiger partial charge in [0.2, 0.25) is 0 Å². The average molecular weight is 476 g/mol. The van der Waals surface area contributed by atoms with Gasteiger partial charge in [-0.1, -0.05) is 43.2 Å². The predicted octanol–water partition coefficient (Wildman–Crippen LogP) is 4.53. The third-order valence-corrected chi connectivity index (χ3v) is 7.84. The molecule has 5 rings (SSSR count). The molecule has 2 unspecified atom stereocenters. The Balaban J connectivity index is 1.38. The molecule has 1 saturated heterocycles. The maximum Gasteiger partial charge on any atom is 0.340 e. The number of fused-ring (bicyclic) bond motifs is 2. The van der Waals surface area contributed by atoms with Crippen LogP contribution in [-0.4, -0.2) is 41.2 Å². The molecule has 2 aliphatic rings. The fraction of sp³-hybridized carbons (Fsp3) is 0.448. The van der Waals surface area contributed by atoms with Crippen molar-refractivity contribution in [1.82, 2.24) is 4.90 Å². The molecule has 1 aliphatic heterocycles. The molecular formula is C29H33NO5. The topological polar surface area (TPSA) is 80.0 Å². The van der Waals surface area contributed by atoms with Gasteiger partial charge in [0.1, 0.15) is 11.3 Å². The fourth-order valence-electron chi connectivity index (χ4n) is 5.78. The molecule has 6 nitrogen and oxygen atoms in total. The molecule has 2 aromatic carbocycles. The molecule has 1 N–H and O–H groups in total. The van der Waals surface area contributed by atoms with Gasteiger partial charge in [-0.3, -0.25) is 4.79 Å². The van der Waals surface area contributed by atoms with Gasteiger partial charge < -0.3 is 19.2 Å². The smallest absolute Gasteiger partial charge is 0.340 e. The molecule has 1 aromatic heterocycles. The molecule has 6 heteroatoms. The van der Waals surface area contributed by atoms with E-state index in [0.717, 1.165) is 47.8 Å². The summed E-state index contributed by atoms with van der Waals surface area (Å²) in [6.07, 6.45) is 5.06. The monoisotopic (exact) mass is 475 g/mol. The van der Waals surface area contributed by atoms with Crippen LogP contribution < -0.4 is 10.4 Å². The number of benzene rings is 2. The molecular weight excluding hydrogens is 442 g/mol. The second-order valence-corrected chi connectivity index (χ2v) is 10.2. The van der Waals surface area contributed by atoms with Crippen LogP contribution in [0.5, 0.6) is 5.75 Å². The molecule has 0 bridgehead atoms. The van der Waals surface area contributed by atoms with Gasteiger partial charge in [-0.25, -0.2) is 4.79 Å². The van der Waals surface area contributed by atoms with E-state index in [-0.39, 0.29) is 24.1 Å². The highest BCUT2D eigenvalue weighted by atomic mass is 16.5. The number of piperidine rings is 1. The zero-order valence-corrected chi connectivity index (χ0v) is 20.5. The van der Waals surface area contributed by atoms with Gasteiger partial charge in [-0.15, -0.1) is 0 Å². The summed E-state index contributed by atoms with van der Waals surface area (Å²) in [5.41, 5.74) is 2.83. The van der Waals surface area contributed by atoms with E-state index in [4.69, 9.17) is 9.15 Å². The van der Waals surface area contributed by atoms with Gasteiger partial charge >= 0.3 is 5.63 Å². The first kappa shape index (κ1) is 23.6. The van der Waals surface area contributed by atoms with Crippen LogP contribution in [-0.2, 0) is 11.2 Å². The van der Waals surface area contributed by atoms with Crippen molar-refractivity contribution >= 4 is 16.9 Å². The second-order valence-electron chi connectivity index (χ2n) is 10.2. The zero-order chi connectivity index (χ0) is 24.6. The highest BCUT2D eigenvalue weighted by Gasteiger charge is 2.43. The third kappa shape index (κ3) is 4.72. The molecule has 35 heavy (non-hydrogen) atoms. The third-order valence-electron chi connectivity index (χ3n) is 7.84. The molecule has 3 aromatic rings. The minimum atomic E-state index is -0.619. The maximum atomic E-state index is 13.1. The van der Waals surface area contributed by atoms with Crippen molar-refractivity contribution in [3.63, 3.8) is 0 Å². The lowest BCUT2D eigenvalue weighted by molar-refractivity contribution is -0.145. The van der Waals surface area contributed by atoms with Crippen molar-refractivity contribution in [1.29, 1.82) is 0 Å². The van der Waals surface area contributed by atoms with E-state index in [9.17, 15) is 14.7 Å². The van der Waals surface area contributed by atoms with E-state index in [1.165, 1.54) is 0 Å². The van der Waals surface area contributed by atoms with Crippen LogP contribution in [0.4, 0.5) is 0 Å². The first-order valence-electron chi connectivity index (χ1n) is 12.6. The van der Waals surface area contributed by atoms with Crippen LogP contribution in [0.2, 0.25) is 0 Å². The number of amides is 1. The lowest BCUT2D eigenvalue weighted by Crippen LogP contribution is -2.55. The highest BCUT2D eigenvalue weighted by Crippen LogP contribution is 2.40. The lowest BCUT2D eigenvalue weighted by atomic mass is 9.71. The summed E-state index contributed by atoms with van der Waals surface area (Å²) in [4.78, 5) is 27.7. The molecule has 0 spiro atoms. The van der Waals surface area contributed by atoms with E-state index < -0.39 is 5.60 Å². The van der Waals surface area contributed by atoms with Crippen LogP contribution in [0, 0.1) is 19.8 Å². The van der Waals surface area contributed by atoms with E-state index in [2.05, 4.69) is 0 Å². The Kier molecular flexibility index (Phi) is 6.41. The summed E-state index contributed by atoms with van der Waals surface area (Å²) >= 11 is 0. The molecule has 184 valence electrons. The number of aryl methyl sites for hydroxylation is 2. The minimum Gasteiger partial charge on any atom is -0.483 e. The number of ether oxygens (including phenoxy) is 1. The predicted molar refractivity (Wildman–Crippen MR) is 135 cm³/mol. The molecule has 0 radical (unpaired) electrons. The van der Waals surface area contributed by atoms with Crippen molar-refractivity contribution in [3.05, 3.63) is 75.1 Å². The Hall–Kier alpha value is -3.12. The van der Waals surface area contributed by atoms with Crippen LogP contribution in [0.1, 0.15) is 54.4 Å². The van der Waals surface area contributed by atoms with Crippen molar-refractivity contribution in [2.75, 3.05) is 19.7 Å². The van der Waals surface area contributed by atoms with Crippen molar-refractivity contribution in [2.45, 2.75) is 58.0 Å². The number of aliphatic hydroxyl groups is 1. The number of hydrogen-bond donors (Lipinski definition) is 1. The van der Waals surface area contributed by atoms with Gasteiger partial charge in [0.05, 0.1) is 11.0 Å². The molecule has 1 amide bonds. The first-order valence-corrected chi connectivity index (χ1v) is 12.6. The molecule has 2 fully saturated rings. The van der Waals surface area contributed by atoms with Crippen molar-refractivity contribution < 1.29 is 19.1 Å². The number of carbonyl (C=O) groups is 1. The quantitative estimate of drug-likeness (QED) is 0.549. The summed E-state index contributed by atoms with van der Waals surface area (Å²) < 4.78 is 11.8. The normalized spacial score (nSPS) is 22.1. The summed E-state index contributed by atoms with van der Waals surface area (Å²) in [5.74, 6) is 0.618. The van der Waals surface area contributed by atoms with Crippen LogP contribution in [0.25, 0.3) is 11.0 Å². The number of rotatable bonds is 5. The van der Waals surface area contributed by atoms with Crippen LogP contribution in [0.3, 0.4) is 0 Å². The standard InChI is InChI=1S/C29H33NO5/c1-19-14-24(34-18-26(31)30-13-12-29(33)11-7-6-10-22(29)17-30)27-20(2)23(28(32)35-25(27)15-19)16-21-8-4-3-5-9-21/h3-5,8-9,14-15,22,33H,6-7,10-13,16-18H2,1-2H3. The summed E-state index contributed by atoms with van der Waals surface area (Å²) in [6.45, 7) is 4.88. The molecule has 1 saturated carbocycles. The Morgan fingerprint density at radius 1 is 1.17 bits per heavy atom. The van der Waals surface area contributed by atoms with Gasteiger partial charge in [-0.05, 0) is 61.9 Å². The summed E-state index contributed by atoms with van der Waals surface area (Å²) in [5, 5.41) is 11.7. The minimum absolute atomic E-state index is 0.0770. The number of nitrogens with zero attached hydrogens (tertiary/aromatic N) is 1. The zero-order valence-electron chi connectivity index (χ0n) is 20.5. The fourth-order valence-corrected chi connectivity index (χ4v) is 5.78. The van der Waals surface area contributed by atoms with E-state index in [1.807, 2.05) is 61.2 Å². The van der Waals surface area contributed by atoms with Gasteiger partial charge in [0, 0.05) is 31.0 Å². The average Bonchev–Trinajstić information content (AvgIpc) is 2.84. The van der Waals surface area contributed by atoms with Crippen molar-refractivity contribution in [3.8, 4) is 5.75 Å². The first-order chi connectivity index (χ1) is 16.8. The lowest BCUT2D eigenvalue weighted by Gasteiger charge is -2.47. The van der Waals surface area contributed by atoms with Gasteiger partial charge in [0.15, 0.2) is 6.61 Å².